The van der Waals surface area contributed by atoms with Crippen LogP contribution in [-0.4, -0.2) is 16.5 Å². The molecule has 0 aliphatic carbocycles. The van der Waals surface area contributed by atoms with Gasteiger partial charge in [0.15, 0.2) is 0 Å². The first kappa shape index (κ1) is 17.3. The molecule has 0 atom stereocenters. The summed E-state index contributed by atoms with van der Waals surface area (Å²) in [5.74, 6) is 1.84. The molecule has 0 amide bonds. The van der Waals surface area contributed by atoms with Crippen LogP contribution < -0.4 is 9.64 Å². The largest absolute Gasteiger partial charge is 0.489 e. The second kappa shape index (κ2) is 7.32. The predicted octanol–water partition coefficient (Wildman–Crippen LogP) is 5.47. The van der Waals surface area contributed by atoms with Crippen molar-refractivity contribution in [2.75, 3.05) is 11.4 Å². The quantitative estimate of drug-likeness (QED) is 0.463. The summed E-state index contributed by atoms with van der Waals surface area (Å²) in [7, 11) is 0. The molecular weight excluding hydrogens is 414 g/mol. The molecule has 1 N–H and O–H groups in total. The number of hydrogen-bond acceptors (Lipinski definition) is 3. The van der Waals surface area contributed by atoms with Gasteiger partial charge in [-0.1, -0.05) is 52.3 Å². The number of imidazole rings is 1. The van der Waals surface area contributed by atoms with Crippen LogP contribution in [0.2, 0.25) is 0 Å². The summed E-state index contributed by atoms with van der Waals surface area (Å²) in [6, 6.07) is 22.8. The molecular formula is C23H20BrN3O. The number of halogens is 1. The zero-order valence-electron chi connectivity index (χ0n) is 15.4. The molecule has 4 nitrogen and oxygen atoms in total. The van der Waals surface area contributed by atoms with Crippen LogP contribution in [0.25, 0.3) is 11.0 Å². The summed E-state index contributed by atoms with van der Waals surface area (Å²) in [6.45, 7) is 2.37. The first-order valence-corrected chi connectivity index (χ1v) is 10.2. The molecule has 5 rings (SSSR count). The number of fused-ring (bicyclic) bond motifs is 2. The predicted molar refractivity (Wildman–Crippen MR) is 116 cm³/mol. The number of ether oxygens (including phenoxy) is 1. The van der Waals surface area contributed by atoms with Gasteiger partial charge in [0.2, 0.25) is 5.95 Å². The lowest BCUT2D eigenvalue weighted by atomic mass is 10.00. The van der Waals surface area contributed by atoms with Gasteiger partial charge < -0.3 is 14.6 Å². The van der Waals surface area contributed by atoms with Crippen LogP contribution in [0.4, 0.5) is 5.95 Å². The number of nitrogens with zero attached hydrogens (tertiary/aromatic N) is 2. The van der Waals surface area contributed by atoms with Gasteiger partial charge in [-0.25, -0.2) is 4.98 Å². The third-order valence-electron chi connectivity index (χ3n) is 5.17. The highest BCUT2D eigenvalue weighted by Crippen LogP contribution is 2.28. The summed E-state index contributed by atoms with van der Waals surface area (Å²) < 4.78 is 7.06. The lowest BCUT2D eigenvalue weighted by Gasteiger charge is -2.28. The minimum absolute atomic E-state index is 0.585. The Morgan fingerprint density at radius 3 is 2.79 bits per heavy atom. The first-order chi connectivity index (χ1) is 13.7. The number of rotatable bonds is 4. The van der Waals surface area contributed by atoms with Crippen molar-refractivity contribution in [3.63, 3.8) is 0 Å². The Bertz CT molecular complexity index is 1120. The van der Waals surface area contributed by atoms with E-state index in [1.165, 1.54) is 16.7 Å². The molecule has 0 radical (unpaired) electrons. The van der Waals surface area contributed by atoms with Crippen molar-refractivity contribution in [3.8, 4) is 5.75 Å². The normalized spacial score (nSPS) is 13.5. The number of nitrogens with one attached hydrogen (secondary N) is 1. The average Bonchev–Trinajstić information content (AvgIpc) is 3.15. The van der Waals surface area contributed by atoms with Crippen molar-refractivity contribution in [1.82, 2.24) is 9.97 Å². The van der Waals surface area contributed by atoms with E-state index in [9.17, 15) is 0 Å². The second-order valence-electron chi connectivity index (χ2n) is 7.10. The molecule has 140 valence electrons. The van der Waals surface area contributed by atoms with Gasteiger partial charge in [0.1, 0.15) is 12.4 Å². The Morgan fingerprint density at radius 1 is 1.00 bits per heavy atom. The average molecular weight is 434 g/mol. The number of H-pyrrole nitrogens is 1. The van der Waals surface area contributed by atoms with E-state index in [-0.39, 0.29) is 0 Å². The van der Waals surface area contributed by atoms with Crippen molar-refractivity contribution >= 4 is 32.9 Å². The van der Waals surface area contributed by atoms with Gasteiger partial charge in [0.25, 0.3) is 0 Å². The number of anilines is 1. The van der Waals surface area contributed by atoms with Gasteiger partial charge in [-0.05, 0) is 53.4 Å². The Balaban J connectivity index is 1.35. The Labute approximate surface area is 172 Å². The Hall–Kier alpha value is -2.79. The van der Waals surface area contributed by atoms with Crippen molar-refractivity contribution in [1.29, 1.82) is 0 Å². The number of aromatic amines is 1. The fourth-order valence-electron chi connectivity index (χ4n) is 3.66. The van der Waals surface area contributed by atoms with E-state index in [2.05, 4.69) is 62.2 Å². The summed E-state index contributed by atoms with van der Waals surface area (Å²) in [4.78, 5) is 10.5. The van der Waals surface area contributed by atoms with E-state index >= 15 is 0 Å². The van der Waals surface area contributed by atoms with Crippen LogP contribution >= 0.6 is 15.9 Å². The SMILES string of the molecule is Brc1ccc2[nH]c(N3CCc4ccc(OCc5ccccc5)cc4C3)nc2c1. The third-order valence-corrected chi connectivity index (χ3v) is 5.66. The maximum absolute atomic E-state index is 6.01. The summed E-state index contributed by atoms with van der Waals surface area (Å²) in [5.41, 5.74) is 5.91. The van der Waals surface area contributed by atoms with E-state index in [1.54, 1.807) is 0 Å². The molecule has 1 aliphatic rings. The van der Waals surface area contributed by atoms with Gasteiger partial charge in [-0.15, -0.1) is 0 Å². The van der Waals surface area contributed by atoms with Crippen molar-refractivity contribution < 1.29 is 4.74 Å². The molecule has 0 saturated carbocycles. The lowest BCUT2D eigenvalue weighted by Crippen LogP contribution is -2.31. The van der Waals surface area contributed by atoms with E-state index in [0.717, 1.165) is 46.7 Å². The van der Waals surface area contributed by atoms with Gasteiger partial charge >= 0.3 is 0 Å². The standard InChI is InChI=1S/C23H20BrN3O/c24-19-7-9-21-22(13-19)26-23(25-21)27-11-10-17-6-8-20(12-18(17)14-27)28-15-16-4-2-1-3-5-16/h1-9,12-13H,10-11,14-15H2,(H,25,26). The maximum Gasteiger partial charge on any atom is 0.204 e. The number of hydrogen-bond donors (Lipinski definition) is 1. The van der Waals surface area contributed by atoms with Crippen LogP contribution in [-0.2, 0) is 19.6 Å². The molecule has 0 unspecified atom stereocenters. The molecule has 1 aliphatic heterocycles. The molecule has 0 spiro atoms. The van der Waals surface area contributed by atoms with E-state index in [4.69, 9.17) is 9.72 Å². The van der Waals surface area contributed by atoms with Crippen LogP contribution in [0.5, 0.6) is 5.75 Å². The van der Waals surface area contributed by atoms with Gasteiger partial charge in [0.05, 0.1) is 11.0 Å². The molecule has 0 saturated heterocycles. The van der Waals surface area contributed by atoms with E-state index < -0.39 is 0 Å². The Kier molecular flexibility index (Phi) is 4.53. The molecule has 4 aromatic rings. The smallest absolute Gasteiger partial charge is 0.204 e. The van der Waals surface area contributed by atoms with Gasteiger partial charge in [-0.3, -0.25) is 0 Å². The highest BCUT2D eigenvalue weighted by atomic mass is 79.9. The monoisotopic (exact) mass is 433 g/mol. The fraction of sp³-hybridized carbons (Fsp3) is 0.174. The van der Waals surface area contributed by atoms with Crippen molar-refractivity contribution in [3.05, 3.63) is 87.9 Å². The number of aromatic nitrogens is 2. The molecule has 0 bridgehead atoms. The van der Waals surface area contributed by atoms with Crippen LogP contribution in [0, 0.1) is 0 Å². The van der Waals surface area contributed by atoms with Gasteiger partial charge in [-0.2, -0.15) is 0 Å². The fourth-order valence-corrected chi connectivity index (χ4v) is 4.01. The van der Waals surface area contributed by atoms with Crippen LogP contribution in [0.3, 0.4) is 0 Å². The highest BCUT2D eigenvalue weighted by molar-refractivity contribution is 9.10. The lowest BCUT2D eigenvalue weighted by molar-refractivity contribution is 0.305. The first-order valence-electron chi connectivity index (χ1n) is 9.43. The highest BCUT2D eigenvalue weighted by Gasteiger charge is 2.19. The van der Waals surface area contributed by atoms with Crippen molar-refractivity contribution in [2.24, 2.45) is 0 Å². The van der Waals surface area contributed by atoms with Crippen molar-refractivity contribution in [2.45, 2.75) is 19.6 Å². The van der Waals surface area contributed by atoms with E-state index in [1.807, 2.05) is 30.3 Å². The molecule has 2 heterocycles. The zero-order valence-corrected chi connectivity index (χ0v) is 16.9. The number of benzene rings is 3. The minimum Gasteiger partial charge on any atom is -0.489 e. The molecule has 1 aromatic heterocycles. The molecule has 0 fully saturated rings. The van der Waals surface area contributed by atoms with Crippen LogP contribution in [0.1, 0.15) is 16.7 Å². The van der Waals surface area contributed by atoms with E-state index in [0.29, 0.717) is 6.61 Å². The van der Waals surface area contributed by atoms with Crippen LogP contribution in [0.15, 0.2) is 71.2 Å². The second-order valence-corrected chi connectivity index (χ2v) is 8.01. The van der Waals surface area contributed by atoms with Gasteiger partial charge in [0, 0.05) is 17.6 Å². The summed E-state index contributed by atoms with van der Waals surface area (Å²) in [6.07, 6.45) is 1.01. The zero-order chi connectivity index (χ0) is 18.9. The summed E-state index contributed by atoms with van der Waals surface area (Å²) >= 11 is 3.52. The third kappa shape index (κ3) is 3.50. The molecule has 28 heavy (non-hydrogen) atoms. The Morgan fingerprint density at radius 2 is 1.89 bits per heavy atom. The maximum atomic E-state index is 6.01. The topological polar surface area (TPSA) is 41.2 Å². The molecule has 5 heteroatoms. The minimum atomic E-state index is 0.585. The molecule has 3 aromatic carbocycles. The summed E-state index contributed by atoms with van der Waals surface area (Å²) in [5, 5.41) is 0.